The van der Waals surface area contributed by atoms with Gasteiger partial charge in [-0.05, 0) is 15.1 Å². The van der Waals surface area contributed by atoms with E-state index in [0.717, 1.165) is 0 Å². The van der Waals surface area contributed by atoms with Crippen LogP contribution in [0.1, 0.15) is 62.3 Å². The van der Waals surface area contributed by atoms with Crippen LogP contribution in [0, 0.1) is 0 Å². The maximum atomic E-state index is 4.13. The molecule has 0 aromatic carbocycles. The normalized spacial score (nSPS) is 16.2. The van der Waals surface area contributed by atoms with Gasteiger partial charge in [0.05, 0.1) is 7.59 Å². The van der Waals surface area contributed by atoms with Crippen LogP contribution in [0.15, 0.2) is 0 Å². The summed E-state index contributed by atoms with van der Waals surface area (Å²) < 4.78 is 0. The van der Waals surface area contributed by atoms with Gasteiger partial charge < -0.3 is 0 Å². The zero-order valence-corrected chi connectivity index (χ0v) is 18.4. The van der Waals surface area contributed by atoms with E-state index in [0.29, 0.717) is 15.1 Å². The maximum Gasteiger partial charge on any atom is 0.189 e. The number of hydrogen-bond acceptors (Lipinski definition) is 0. The Morgan fingerprint density at radius 3 is 0.765 bits per heavy atom. The van der Waals surface area contributed by atoms with Crippen LogP contribution >= 0.6 is 30.6 Å². The van der Waals surface area contributed by atoms with Crippen molar-refractivity contribution in [3.8, 4) is 0 Å². The van der Waals surface area contributed by atoms with E-state index < -0.39 is 12.4 Å². The molecule has 0 atom stereocenters. The minimum atomic E-state index is -1.63. The Morgan fingerprint density at radius 1 is 0.588 bits per heavy atom. The molecule has 0 radical (unpaired) electrons. The molecular weight excluding hydrogens is 372 g/mol. The van der Waals surface area contributed by atoms with E-state index in [-0.39, 0.29) is 0 Å². The molecule has 0 aromatic rings. The zero-order valence-electron chi connectivity index (χ0n) is 13.3. The van der Waals surface area contributed by atoms with Crippen molar-refractivity contribution in [2.45, 2.75) is 84.0 Å². The van der Waals surface area contributed by atoms with Crippen molar-refractivity contribution in [1.82, 2.24) is 0 Å². The Kier molecular flexibility index (Phi) is 5.13. The molecule has 0 amide bonds. The molecular formula is C13H30Br2Si2. The summed E-state index contributed by atoms with van der Waals surface area (Å²) in [6, 6.07) is 0. The first-order chi connectivity index (χ1) is 7.00. The minimum Gasteiger partial charge on any atom is -0.115 e. The number of halogens is 2. The van der Waals surface area contributed by atoms with Gasteiger partial charge in [0.2, 0.25) is 0 Å². The van der Waals surface area contributed by atoms with Gasteiger partial charge >= 0.3 is 0 Å². The van der Waals surface area contributed by atoms with E-state index in [9.17, 15) is 0 Å². The number of rotatable bonds is 1. The second-order valence-electron chi connectivity index (χ2n) is 8.39. The largest absolute Gasteiger partial charge is 0.189 e. The molecule has 0 aliphatic carbocycles. The Labute approximate surface area is 126 Å². The molecule has 0 rings (SSSR count). The Bertz CT molecular complexity index is 210. The van der Waals surface area contributed by atoms with Crippen LogP contribution in [0.2, 0.25) is 21.7 Å². The fourth-order valence-electron chi connectivity index (χ4n) is 5.35. The highest BCUT2D eigenvalue weighted by Gasteiger charge is 2.68. The highest BCUT2D eigenvalue weighted by atomic mass is 79.9. The molecule has 0 aliphatic heterocycles. The quantitative estimate of drug-likeness (QED) is 0.335. The first kappa shape index (κ1) is 18.4. The fourth-order valence-corrected chi connectivity index (χ4v) is 60.0. The molecule has 0 saturated heterocycles. The summed E-state index contributed by atoms with van der Waals surface area (Å²) in [5.41, 5.74) is 0. The van der Waals surface area contributed by atoms with Gasteiger partial charge in [0.25, 0.3) is 0 Å². The van der Waals surface area contributed by atoms with Gasteiger partial charge in [-0.25, -0.2) is 0 Å². The SMILES string of the molecule is CC(C)(C)[Si](C(C)(C)C)(C(C)(C)C)[Si](C)(Br)Br. The van der Waals surface area contributed by atoms with E-state index in [1.807, 2.05) is 0 Å². The Balaban J connectivity index is 6.37. The van der Waals surface area contributed by atoms with Gasteiger partial charge in [0.15, 0.2) is 4.83 Å². The van der Waals surface area contributed by atoms with E-state index in [2.05, 4.69) is 99.4 Å². The predicted octanol–water partition coefficient (Wildman–Crippen LogP) is 6.78. The molecule has 0 unspecified atom stereocenters. The molecule has 0 fully saturated rings. The summed E-state index contributed by atoms with van der Waals surface area (Å²) in [4.78, 5) is -1.58. The molecule has 0 aromatic heterocycles. The topological polar surface area (TPSA) is 0 Å². The van der Waals surface area contributed by atoms with Gasteiger partial charge in [-0.1, -0.05) is 68.9 Å². The molecule has 104 valence electrons. The van der Waals surface area contributed by atoms with E-state index in [1.54, 1.807) is 0 Å². The lowest BCUT2D eigenvalue weighted by Crippen LogP contribution is -2.70. The summed E-state index contributed by atoms with van der Waals surface area (Å²) >= 11 is 8.25. The fraction of sp³-hybridized carbons (Fsp3) is 1.00. The molecule has 0 spiro atoms. The van der Waals surface area contributed by atoms with Crippen molar-refractivity contribution >= 4 is 43.0 Å². The molecule has 17 heavy (non-hydrogen) atoms. The van der Waals surface area contributed by atoms with Crippen molar-refractivity contribution in [2.75, 3.05) is 0 Å². The second kappa shape index (κ2) is 4.74. The average molecular weight is 402 g/mol. The van der Waals surface area contributed by atoms with E-state index in [4.69, 9.17) is 0 Å². The highest BCUT2D eigenvalue weighted by molar-refractivity contribution is 9.53. The summed E-state index contributed by atoms with van der Waals surface area (Å²) in [5.74, 6) is 0. The first-order valence-corrected chi connectivity index (χ1v) is 16.4. The van der Waals surface area contributed by atoms with Crippen LogP contribution in [0.5, 0.6) is 0 Å². The van der Waals surface area contributed by atoms with Crippen molar-refractivity contribution in [2.24, 2.45) is 0 Å². The van der Waals surface area contributed by atoms with Crippen LogP contribution in [-0.2, 0) is 0 Å². The zero-order chi connectivity index (χ0) is 14.5. The molecule has 4 heteroatoms. The van der Waals surface area contributed by atoms with Gasteiger partial charge in [-0.2, -0.15) is 0 Å². The molecule has 0 N–H and O–H groups in total. The predicted molar refractivity (Wildman–Crippen MR) is 94.4 cm³/mol. The summed E-state index contributed by atoms with van der Waals surface area (Å²) in [6.45, 7) is 24.5. The lowest BCUT2D eigenvalue weighted by atomic mass is 10.2. The van der Waals surface area contributed by atoms with E-state index >= 15 is 0 Å². The van der Waals surface area contributed by atoms with Gasteiger partial charge in [-0.3, -0.25) is 0 Å². The smallest absolute Gasteiger partial charge is 0.115 e. The van der Waals surface area contributed by atoms with Crippen molar-refractivity contribution < 1.29 is 0 Å². The highest BCUT2D eigenvalue weighted by Crippen LogP contribution is 2.67. The van der Waals surface area contributed by atoms with Gasteiger partial charge in [-0.15, -0.1) is 30.6 Å². The van der Waals surface area contributed by atoms with Crippen LogP contribution < -0.4 is 0 Å². The lowest BCUT2D eigenvalue weighted by molar-refractivity contribution is 0.555. The first-order valence-electron chi connectivity index (χ1n) is 6.38. The van der Waals surface area contributed by atoms with Crippen molar-refractivity contribution in [3.63, 3.8) is 0 Å². The van der Waals surface area contributed by atoms with Crippen molar-refractivity contribution in [3.05, 3.63) is 0 Å². The van der Waals surface area contributed by atoms with Crippen LogP contribution in [0.4, 0.5) is 0 Å². The standard InChI is InChI=1S/C13H30Br2Si2/c1-11(2,3)17(12(4,5)6,13(7,8)9)16(10,14)15/h1-10H3. The van der Waals surface area contributed by atoms with Crippen molar-refractivity contribution in [1.29, 1.82) is 0 Å². The lowest BCUT2D eigenvalue weighted by Gasteiger charge is -2.63. The Hall–Kier alpha value is 1.39. The summed E-state index contributed by atoms with van der Waals surface area (Å²) in [5, 5.41) is 1.12. The summed E-state index contributed by atoms with van der Waals surface area (Å²) in [6.07, 6.45) is 0. The molecule has 0 saturated carbocycles. The maximum absolute atomic E-state index is 4.13. The molecule has 0 aliphatic rings. The van der Waals surface area contributed by atoms with Crippen LogP contribution in [0.25, 0.3) is 0 Å². The second-order valence-corrected chi connectivity index (χ2v) is 38.5. The average Bonchev–Trinajstić information content (AvgIpc) is 1.67. The molecule has 0 heterocycles. The third-order valence-electron chi connectivity index (χ3n) is 4.03. The number of hydrogen-bond donors (Lipinski definition) is 0. The van der Waals surface area contributed by atoms with E-state index in [1.165, 1.54) is 0 Å². The Morgan fingerprint density at radius 2 is 0.765 bits per heavy atom. The monoisotopic (exact) mass is 400 g/mol. The third kappa shape index (κ3) is 2.95. The summed E-state index contributed by atoms with van der Waals surface area (Å²) in [7, 11) is -1.63. The van der Waals surface area contributed by atoms with Crippen LogP contribution in [-0.4, -0.2) is 12.4 Å². The van der Waals surface area contributed by atoms with Gasteiger partial charge in [0.1, 0.15) is 0 Å². The molecule has 0 nitrogen and oxygen atoms in total. The molecule has 0 bridgehead atoms. The van der Waals surface area contributed by atoms with Gasteiger partial charge in [0, 0.05) is 0 Å². The third-order valence-corrected chi connectivity index (χ3v) is 33.5. The minimum absolute atomic E-state index is 0.372. The van der Waals surface area contributed by atoms with Crippen LogP contribution in [0.3, 0.4) is 0 Å².